The zero-order chi connectivity index (χ0) is 17.0. The van der Waals surface area contributed by atoms with Crippen molar-refractivity contribution in [2.45, 2.75) is 45.6 Å². The summed E-state index contributed by atoms with van der Waals surface area (Å²) in [5.74, 6) is 1.65. The Kier molecular flexibility index (Phi) is 9.46. The molecule has 2 aliphatic rings. The van der Waals surface area contributed by atoms with E-state index in [-0.39, 0.29) is 0 Å². The van der Waals surface area contributed by atoms with E-state index in [1.807, 2.05) is 0 Å². The summed E-state index contributed by atoms with van der Waals surface area (Å²) in [5, 5.41) is 6.76. The molecule has 0 aromatic heterocycles. The SMILES string of the molecule is CCCN1CCC(CN=C(NCC)NCCCOC2CCOC2)C1. The molecule has 2 unspecified atom stereocenters. The van der Waals surface area contributed by atoms with E-state index in [1.54, 1.807) is 0 Å². The standard InChI is InChI=1S/C18H36N4O2/c1-3-9-22-10-6-16(14-22)13-21-18(19-4-2)20-8-5-11-24-17-7-12-23-15-17/h16-17H,3-15H2,1-2H3,(H2,19,20,21). The van der Waals surface area contributed by atoms with Crippen molar-refractivity contribution in [3.63, 3.8) is 0 Å². The van der Waals surface area contributed by atoms with Crippen LogP contribution >= 0.6 is 0 Å². The van der Waals surface area contributed by atoms with Crippen LogP contribution in [0.2, 0.25) is 0 Å². The Morgan fingerprint density at radius 3 is 2.96 bits per heavy atom. The fourth-order valence-electron chi connectivity index (χ4n) is 3.32. The van der Waals surface area contributed by atoms with Crippen molar-refractivity contribution in [3.8, 4) is 0 Å². The average Bonchev–Trinajstić information content (AvgIpc) is 3.24. The first-order valence-electron chi connectivity index (χ1n) is 9.75. The predicted octanol–water partition coefficient (Wildman–Crippen LogP) is 1.47. The first kappa shape index (κ1) is 19.5. The summed E-state index contributed by atoms with van der Waals surface area (Å²) in [5.41, 5.74) is 0. The lowest BCUT2D eigenvalue weighted by Gasteiger charge is -2.15. The Balaban J connectivity index is 1.59. The van der Waals surface area contributed by atoms with Gasteiger partial charge in [-0.1, -0.05) is 6.92 Å². The number of likely N-dealkylation sites (tertiary alicyclic amines) is 1. The van der Waals surface area contributed by atoms with Gasteiger partial charge in [0.1, 0.15) is 0 Å². The van der Waals surface area contributed by atoms with Crippen LogP contribution in [0.3, 0.4) is 0 Å². The zero-order valence-corrected chi connectivity index (χ0v) is 15.6. The highest BCUT2D eigenvalue weighted by Crippen LogP contribution is 2.16. The third kappa shape index (κ3) is 7.36. The summed E-state index contributed by atoms with van der Waals surface area (Å²) < 4.78 is 11.1. The number of rotatable bonds is 10. The van der Waals surface area contributed by atoms with Crippen LogP contribution in [0.5, 0.6) is 0 Å². The molecule has 2 saturated heterocycles. The largest absolute Gasteiger partial charge is 0.379 e. The van der Waals surface area contributed by atoms with Gasteiger partial charge in [0.15, 0.2) is 5.96 Å². The van der Waals surface area contributed by atoms with Gasteiger partial charge in [0.05, 0.1) is 12.7 Å². The number of guanidine groups is 1. The summed E-state index contributed by atoms with van der Waals surface area (Å²) in [6.45, 7) is 13.1. The molecule has 0 spiro atoms. The molecule has 0 saturated carbocycles. The van der Waals surface area contributed by atoms with Crippen molar-refractivity contribution in [3.05, 3.63) is 0 Å². The van der Waals surface area contributed by atoms with Gasteiger partial charge in [0.2, 0.25) is 0 Å². The molecule has 0 aromatic rings. The Labute approximate surface area is 147 Å². The number of hydrogen-bond acceptors (Lipinski definition) is 4. The molecule has 2 aliphatic heterocycles. The van der Waals surface area contributed by atoms with E-state index in [0.717, 1.165) is 58.3 Å². The maximum atomic E-state index is 5.79. The van der Waals surface area contributed by atoms with E-state index >= 15 is 0 Å². The smallest absolute Gasteiger partial charge is 0.191 e. The summed E-state index contributed by atoms with van der Waals surface area (Å²) in [6.07, 6.45) is 4.86. The number of aliphatic imine (C=N–C) groups is 1. The summed E-state index contributed by atoms with van der Waals surface area (Å²) in [7, 11) is 0. The molecule has 0 aliphatic carbocycles. The number of ether oxygens (including phenoxy) is 2. The molecule has 6 nitrogen and oxygen atoms in total. The molecule has 140 valence electrons. The van der Waals surface area contributed by atoms with Gasteiger partial charge in [0, 0.05) is 39.4 Å². The van der Waals surface area contributed by atoms with Crippen molar-refractivity contribution in [2.75, 3.05) is 59.1 Å². The van der Waals surface area contributed by atoms with Gasteiger partial charge in [-0.25, -0.2) is 0 Å². The fourth-order valence-corrected chi connectivity index (χ4v) is 3.32. The van der Waals surface area contributed by atoms with Gasteiger partial charge >= 0.3 is 0 Å². The predicted molar refractivity (Wildman–Crippen MR) is 98.6 cm³/mol. The van der Waals surface area contributed by atoms with Gasteiger partial charge in [-0.15, -0.1) is 0 Å². The Hall–Kier alpha value is -0.850. The van der Waals surface area contributed by atoms with Crippen molar-refractivity contribution >= 4 is 5.96 Å². The lowest BCUT2D eigenvalue weighted by atomic mass is 10.1. The third-order valence-electron chi connectivity index (χ3n) is 4.62. The average molecular weight is 341 g/mol. The summed E-state index contributed by atoms with van der Waals surface area (Å²) in [4.78, 5) is 7.33. The van der Waals surface area contributed by atoms with E-state index in [9.17, 15) is 0 Å². The van der Waals surface area contributed by atoms with Crippen molar-refractivity contribution < 1.29 is 9.47 Å². The van der Waals surface area contributed by atoms with Crippen LogP contribution in [0.1, 0.15) is 39.5 Å². The minimum atomic E-state index is 0.306. The van der Waals surface area contributed by atoms with Crippen LogP contribution < -0.4 is 10.6 Å². The van der Waals surface area contributed by atoms with E-state index in [0.29, 0.717) is 12.0 Å². The molecule has 0 aromatic carbocycles. The van der Waals surface area contributed by atoms with Gasteiger partial charge in [-0.3, -0.25) is 4.99 Å². The highest BCUT2D eigenvalue weighted by molar-refractivity contribution is 5.79. The first-order valence-corrected chi connectivity index (χ1v) is 9.75. The topological polar surface area (TPSA) is 58.1 Å². The molecule has 2 heterocycles. The molecule has 2 rings (SSSR count). The minimum Gasteiger partial charge on any atom is -0.379 e. The third-order valence-corrected chi connectivity index (χ3v) is 4.62. The summed E-state index contributed by atoms with van der Waals surface area (Å²) in [6, 6.07) is 0. The highest BCUT2D eigenvalue weighted by Gasteiger charge is 2.21. The molecular formula is C18H36N4O2. The molecule has 2 fully saturated rings. The summed E-state index contributed by atoms with van der Waals surface area (Å²) >= 11 is 0. The van der Waals surface area contributed by atoms with Gasteiger partial charge in [-0.2, -0.15) is 0 Å². The number of nitrogens with zero attached hydrogens (tertiary/aromatic N) is 2. The van der Waals surface area contributed by atoms with Crippen LogP contribution in [-0.2, 0) is 9.47 Å². The monoisotopic (exact) mass is 340 g/mol. The lowest BCUT2D eigenvalue weighted by Crippen LogP contribution is -2.38. The van der Waals surface area contributed by atoms with E-state index in [4.69, 9.17) is 14.5 Å². The van der Waals surface area contributed by atoms with Crippen LogP contribution in [0.25, 0.3) is 0 Å². The fraction of sp³-hybridized carbons (Fsp3) is 0.944. The maximum absolute atomic E-state index is 5.79. The second-order valence-corrected chi connectivity index (χ2v) is 6.81. The molecule has 2 atom stereocenters. The van der Waals surface area contributed by atoms with Crippen molar-refractivity contribution in [1.29, 1.82) is 0 Å². The van der Waals surface area contributed by atoms with Gasteiger partial charge < -0.3 is 25.0 Å². The van der Waals surface area contributed by atoms with Crippen LogP contribution in [-0.4, -0.2) is 76.1 Å². The van der Waals surface area contributed by atoms with Gasteiger partial charge in [0.25, 0.3) is 0 Å². The molecule has 6 heteroatoms. The van der Waals surface area contributed by atoms with Crippen LogP contribution in [0, 0.1) is 5.92 Å². The number of hydrogen-bond donors (Lipinski definition) is 2. The molecule has 0 amide bonds. The van der Waals surface area contributed by atoms with Crippen molar-refractivity contribution in [2.24, 2.45) is 10.9 Å². The normalized spacial score (nSPS) is 25.3. The maximum Gasteiger partial charge on any atom is 0.191 e. The van der Waals surface area contributed by atoms with Gasteiger partial charge in [-0.05, 0) is 51.6 Å². The first-order chi connectivity index (χ1) is 11.8. The quantitative estimate of drug-likeness (QED) is 0.358. The lowest BCUT2D eigenvalue weighted by molar-refractivity contribution is 0.0420. The molecule has 2 N–H and O–H groups in total. The Morgan fingerprint density at radius 1 is 1.29 bits per heavy atom. The van der Waals surface area contributed by atoms with E-state index in [1.165, 1.54) is 32.5 Å². The van der Waals surface area contributed by atoms with E-state index < -0.39 is 0 Å². The minimum absolute atomic E-state index is 0.306. The highest BCUT2D eigenvalue weighted by atomic mass is 16.5. The van der Waals surface area contributed by atoms with E-state index in [2.05, 4.69) is 29.4 Å². The second kappa shape index (κ2) is 11.7. The second-order valence-electron chi connectivity index (χ2n) is 6.81. The van der Waals surface area contributed by atoms with Crippen LogP contribution in [0.4, 0.5) is 0 Å². The molecular weight excluding hydrogens is 304 g/mol. The van der Waals surface area contributed by atoms with Crippen molar-refractivity contribution in [1.82, 2.24) is 15.5 Å². The zero-order valence-electron chi connectivity index (χ0n) is 15.6. The Bertz CT molecular complexity index is 359. The Morgan fingerprint density at radius 2 is 2.21 bits per heavy atom. The molecule has 0 radical (unpaired) electrons. The van der Waals surface area contributed by atoms with Crippen LogP contribution in [0.15, 0.2) is 4.99 Å². The molecule has 24 heavy (non-hydrogen) atoms. The molecule has 0 bridgehead atoms. The number of nitrogens with one attached hydrogen (secondary N) is 2.